The highest BCUT2D eigenvalue weighted by Gasteiger charge is 2.63. The van der Waals surface area contributed by atoms with Crippen molar-refractivity contribution in [3.63, 3.8) is 0 Å². The van der Waals surface area contributed by atoms with E-state index in [1.165, 1.54) is 5.56 Å². The summed E-state index contributed by atoms with van der Waals surface area (Å²) >= 11 is 0. The molecule has 0 radical (unpaired) electrons. The first-order valence-electron chi connectivity index (χ1n) is 10.4. The summed E-state index contributed by atoms with van der Waals surface area (Å²) in [6, 6.07) is 9.65. The Labute approximate surface area is 170 Å². The first-order valence-corrected chi connectivity index (χ1v) is 10.4. The van der Waals surface area contributed by atoms with Gasteiger partial charge in [0.2, 0.25) is 11.8 Å². The molecule has 1 aromatic carbocycles. The third kappa shape index (κ3) is 3.64. The lowest BCUT2D eigenvalue weighted by Gasteiger charge is -2.44. The lowest BCUT2D eigenvalue weighted by Crippen LogP contribution is -2.59. The molecule has 2 amide bonds. The maximum Gasteiger partial charge on any atom is 0.308 e. The molecule has 7 nitrogen and oxygen atoms in total. The molecule has 2 heterocycles. The number of carbonyl (C=O) groups excluding carboxylic acids is 2. The predicted octanol–water partition coefficient (Wildman–Crippen LogP) is 1.29. The van der Waals surface area contributed by atoms with E-state index >= 15 is 0 Å². The van der Waals surface area contributed by atoms with Crippen LogP contribution in [0.5, 0.6) is 0 Å². The van der Waals surface area contributed by atoms with Gasteiger partial charge in [0.15, 0.2) is 0 Å². The van der Waals surface area contributed by atoms with Crippen LogP contribution in [0.4, 0.5) is 0 Å². The Balaban J connectivity index is 1.44. The highest BCUT2D eigenvalue weighted by molar-refractivity contribution is 5.89. The summed E-state index contributed by atoms with van der Waals surface area (Å²) in [5, 5.41) is 9.84. The van der Waals surface area contributed by atoms with Gasteiger partial charge in [0.05, 0.1) is 5.92 Å². The van der Waals surface area contributed by atoms with Crippen molar-refractivity contribution in [1.29, 1.82) is 0 Å². The second kappa shape index (κ2) is 7.44. The molecule has 3 N–H and O–H groups in total. The summed E-state index contributed by atoms with van der Waals surface area (Å²) < 4.78 is 0. The van der Waals surface area contributed by atoms with E-state index in [9.17, 15) is 19.5 Å². The molecule has 1 aliphatic carbocycles. The minimum absolute atomic E-state index is 0.0995. The number of benzene rings is 1. The van der Waals surface area contributed by atoms with Gasteiger partial charge in [-0.05, 0) is 49.6 Å². The highest BCUT2D eigenvalue weighted by Crippen LogP contribution is 2.59. The fraction of sp³-hybridized carbons (Fsp3) is 0.591. The Morgan fingerprint density at radius 3 is 2.31 bits per heavy atom. The van der Waals surface area contributed by atoms with Gasteiger partial charge < -0.3 is 15.7 Å². The molecule has 1 saturated carbocycles. The number of carbonyl (C=O) groups is 3. The van der Waals surface area contributed by atoms with Gasteiger partial charge in [-0.3, -0.25) is 19.3 Å². The normalized spacial score (nSPS) is 32.9. The smallest absolute Gasteiger partial charge is 0.308 e. The number of rotatable bonds is 4. The molecule has 156 valence electrons. The van der Waals surface area contributed by atoms with E-state index in [1.54, 1.807) is 7.05 Å². The first-order chi connectivity index (χ1) is 13.8. The SMILES string of the molecule is CN1CC2(CC(C(=O)O)C1C(=O)N1CCC(c3ccccc3)CC1)CC2C(N)=O. The molecule has 1 aromatic rings. The molecule has 4 atom stereocenters. The number of amides is 2. The van der Waals surface area contributed by atoms with E-state index < -0.39 is 17.9 Å². The average molecular weight is 399 g/mol. The lowest BCUT2D eigenvalue weighted by atomic mass is 9.79. The van der Waals surface area contributed by atoms with Crippen LogP contribution in [-0.2, 0) is 14.4 Å². The minimum atomic E-state index is -0.969. The van der Waals surface area contributed by atoms with Gasteiger partial charge >= 0.3 is 5.97 Å². The highest BCUT2D eigenvalue weighted by atomic mass is 16.4. The zero-order valence-corrected chi connectivity index (χ0v) is 16.8. The quantitative estimate of drug-likeness (QED) is 0.794. The summed E-state index contributed by atoms with van der Waals surface area (Å²) in [5.41, 5.74) is 6.39. The molecule has 29 heavy (non-hydrogen) atoms. The number of likely N-dealkylation sites (N-methyl/N-ethyl adjacent to an activating group) is 1. The minimum Gasteiger partial charge on any atom is -0.481 e. The van der Waals surface area contributed by atoms with Crippen LogP contribution in [0.2, 0.25) is 0 Å². The molecule has 2 aliphatic heterocycles. The van der Waals surface area contributed by atoms with E-state index in [0.29, 0.717) is 38.4 Å². The van der Waals surface area contributed by atoms with Crippen LogP contribution >= 0.6 is 0 Å². The third-order valence-electron chi connectivity index (χ3n) is 7.23. The fourth-order valence-corrected chi connectivity index (χ4v) is 5.60. The molecule has 4 rings (SSSR count). The van der Waals surface area contributed by atoms with Crippen molar-refractivity contribution < 1.29 is 19.5 Å². The topological polar surface area (TPSA) is 104 Å². The van der Waals surface area contributed by atoms with Crippen LogP contribution < -0.4 is 5.73 Å². The van der Waals surface area contributed by atoms with E-state index in [0.717, 1.165) is 12.8 Å². The average Bonchev–Trinajstić information content (AvgIpc) is 3.41. The summed E-state index contributed by atoms with van der Waals surface area (Å²) in [6.07, 6.45) is 2.74. The first kappa shape index (κ1) is 19.9. The van der Waals surface area contributed by atoms with Gasteiger partial charge in [0.1, 0.15) is 6.04 Å². The van der Waals surface area contributed by atoms with Crippen molar-refractivity contribution in [2.75, 3.05) is 26.7 Å². The van der Waals surface area contributed by atoms with E-state index in [1.807, 2.05) is 28.0 Å². The fourth-order valence-electron chi connectivity index (χ4n) is 5.60. The molecule has 3 aliphatic rings. The van der Waals surface area contributed by atoms with Crippen molar-refractivity contribution in [3.8, 4) is 0 Å². The number of piperidine rings is 2. The predicted molar refractivity (Wildman–Crippen MR) is 107 cm³/mol. The number of aliphatic carboxylic acids is 1. The largest absolute Gasteiger partial charge is 0.481 e. The van der Waals surface area contributed by atoms with Crippen molar-refractivity contribution in [1.82, 2.24) is 9.80 Å². The molecular formula is C22H29N3O4. The molecule has 4 unspecified atom stereocenters. The molecule has 3 fully saturated rings. The summed E-state index contributed by atoms with van der Waals surface area (Å²) in [6.45, 7) is 1.83. The van der Waals surface area contributed by atoms with Gasteiger partial charge in [-0.2, -0.15) is 0 Å². The Kier molecular flexibility index (Phi) is 5.11. The van der Waals surface area contributed by atoms with E-state index in [2.05, 4.69) is 12.1 Å². The second-order valence-corrected chi connectivity index (χ2v) is 9.04. The Hall–Kier alpha value is -2.41. The lowest BCUT2D eigenvalue weighted by molar-refractivity contribution is -0.156. The standard InChI is InChI=1S/C22H29N3O4/c1-24-13-22(12-17(22)19(23)26)11-16(21(28)29)18(24)20(27)25-9-7-15(8-10-25)14-5-3-2-4-6-14/h2-6,15-18H,7-13H2,1H3,(H2,23,26)(H,28,29). The number of primary amides is 1. The van der Waals surface area contributed by atoms with Crippen LogP contribution in [0, 0.1) is 17.3 Å². The number of nitrogens with two attached hydrogens (primary N) is 1. The van der Waals surface area contributed by atoms with Crippen molar-refractivity contribution in [2.45, 2.75) is 37.6 Å². The number of likely N-dealkylation sites (tertiary alicyclic amines) is 2. The number of nitrogens with zero attached hydrogens (tertiary/aromatic N) is 2. The Morgan fingerprint density at radius 2 is 1.76 bits per heavy atom. The molecule has 2 saturated heterocycles. The Bertz CT molecular complexity index is 806. The van der Waals surface area contributed by atoms with E-state index in [-0.39, 0.29) is 23.1 Å². The van der Waals surface area contributed by atoms with Crippen LogP contribution in [0.15, 0.2) is 30.3 Å². The van der Waals surface area contributed by atoms with Crippen LogP contribution in [-0.4, -0.2) is 65.4 Å². The molecule has 7 heteroatoms. The summed E-state index contributed by atoms with van der Waals surface area (Å²) in [4.78, 5) is 40.6. The number of hydrogen-bond acceptors (Lipinski definition) is 4. The summed E-state index contributed by atoms with van der Waals surface area (Å²) in [5.74, 6) is -2.08. The molecule has 1 spiro atoms. The van der Waals surface area contributed by atoms with Crippen LogP contribution in [0.3, 0.4) is 0 Å². The van der Waals surface area contributed by atoms with Crippen molar-refractivity contribution >= 4 is 17.8 Å². The van der Waals surface area contributed by atoms with Gasteiger partial charge in [-0.1, -0.05) is 30.3 Å². The number of carboxylic acid groups (broad SMARTS) is 1. The van der Waals surface area contributed by atoms with Gasteiger partial charge in [0, 0.05) is 25.6 Å². The third-order valence-corrected chi connectivity index (χ3v) is 7.23. The molecule has 0 aromatic heterocycles. The summed E-state index contributed by atoms with van der Waals surface area (Å²) in [7, 11) is 1.80. The van der Waals surface area contributed by atoms with E-state index in [4.69, 9.17) is 5.73 Å². The molecular weight excluding hydrogens is 370 g/mol. The van der Waals surface area contributed by atoms with Crippen LogP contribution in [0.25, 0.3) is 0 Å². The van der Waals surface area contributed by atoms with Crippen LogP contribution in [0.1, 0.15) is 37.2 Å². The maximum atomic E-state index is 13.3. The molecule has 0 bridgehead atoms. The zero-order chi connectivity index (χ0) is 20.8. The number of hydrogen-bond donors (Lipinski definition) is 2. The van der Waals surface area contributed by atoms with Gasteiger partial charge in [0.25, 0.3) is 0 Å². The Morgan fingerprint density at radius 1 is 1.10 bits per heavy atom. The maximum absolute atomic E-state index is 13.3. The van der Waals surface area contributed by atoms with Gasteiger partial charge in [-0.25, -0.2) is 0 Å². The monoisotopic (exact) mass is 399 g/mol. The van der Waals surface area contributed by atoms with Crippen molar-refractivity contribution in [3.05, 3.63) is 35.9 Å². The van der Waals surface area contributed by atoms with Crippen molar-refractivity contribution in [2.24, 2.45) is 23.0 Å². The second-order valence-electron chi connectivity index (χ2n) is 9.04. The zero-order valence-electron chi connectivity index (χ0n) is 16.8. The van der Waals surface area contributed by atoms with Gasteiger partial charge in [-0.15, -0.1) is 0 Å². The number of carboxylic acids is 1.